The number of hydrogen-bond donors (Lipinski definition) is 3. The monoisotopic (exact) mass is 328 g/mol. The molecule has 1 aromatic carbocycles. The van der Waals surface area contributed by atoms with Crippen molar-refractivity contribution in [2.75, 3.05) is 6.54 Å². The molecule has 0 heterocycles. The molecule has 0 bridgehead atoms. The smallest absolute Gasteiger partial charge is 0.315 e. The molecule has 1 atom stereocenters. The number of urea groups is 1. The number of halogens is 1. The van der Waals surface area contributed by atoms with Gasteiger partial charge in [0.05, 0.1) is 6.42 Å². The molecular weight excluding hydrogens is 312 g/mol. The van der Waals surface area contributed by atoms with Gasteiger partial charge in [0.1, 0.15) is 0 Å². The third-order valence-electron chi connectivity index (χ3n) is 2.43. The Balaban J connectivity index is 2.32. The fourth-order valence-corrected chi connectivity index (χ4v) is 2.07. The van der Waals surface area contributed by atoms with Crippen LogP contribution in [0.1, 0.15) is 18.9 Å². The Bertz CT molecular complexity index is 451. The van der Waals surface area contributed by atoms with Crippen molar-refractivity contribution in [2.24, 2.45) is 0 Å². The molecule has 0 spiro atoms. The maximum atomic E-state index is 11.5. The summed E-state index contributed by atoms with van der Waals surface area (Å²) in [5.41, 5.74) is 1.12. The van der Waals surface area contributed by atoms with E-state index in [-0.39, 0.29) is 25.0 Å². The van der Waals surface area contributed by atoms with Gasteiger partial charge in [0.2, 0.25) is 0 Å². The molecule has 0 radical (unpaired) electrons. The Kier molecular flexibility index (Phi) is 6.35. The Hall–Kier alpha value is -1.56. The molecule has 1 rings (SSSR count). The Labute approximate surface area is 120 Å². The van der Waals surface area contributed by atoms with Gasteiger partial charge in [-0.2, -0.15) is 0 Å². The average molecular weight is 329 g/mol. The van der Waals surface area contributed by atoms with E-state index in [4.69, 9.17) is 5.11 Å². The Morgan fingerprint density at radius 2 is 2.16 bits per heavy atom. The predicted octanol–water partition coefficient (Wildman–Crippen LogP) is 2.15. The molecule has 19 heavy (non-hydrogen) atoms. The summed E-state index contributed by atoms with van der Waals surface area (Å²) in [6, 6.07) is 7.51. The molecule has 1 unspecified atom stereocenters. The summed E-state index contributed by atoms with van der Waals surface area (Å²) in [5.74, 6) is -0.928. The molecule has 3 N–H and O–H groups in total. The van der Waals surface area contributed by atoms with Crippen LogP contribution >= 0.6 is 15.9 Å². The largest absolute Gasteiger partial charge is 0.481 e. The van der Waals surface area contributed by atoms with Crippen molar-refractivity contribution in [3.05, 3.63) is 34.3 Å². The first-order chi connectivity index (χ1) is 8.97. The molecule has 0 saturated carbocycles. The number of carboxylic acids is 1. The van der Waals surface area contributed by atoms with Gasteiger partial charge in [-0.1, -0.05) is 28.1 Å². The minimum absolute atomic E-state index is 0.0286. The van der Waals surface area contributed by atoms with E-state index in [1.807, 2.05) is 31.2 Å². The van der Waals surface area contributed by atoms with E-state index in [0.717, 1.165) is 10.0 Å². The second-order valence-corrected chi connectivity index (χ2v) is 5.19. The van der Waals surface area contributed by atoms with Crippen LogP contribution in [0.2, 0.25) is 0 Å². The highest BCUT2D eigenvalue weighted by molar-refractivity contribution is 9.10. The summed E-state index contributed by atoms with van der Waals surface area (Å²) in [5, 5.41) is 13.7. The van der Waals surface area contributed by atoms with Gasteiger partial charge in [-0.15, -0.1) is 0 Å². The van der Waals surface area contributed by atoms with Crippen LogP contribution in [-0.2, 0) is 11.2 Å². The standard InChI is InChI=1S/C13H17BrN2O3/c1-9(7-10-3-2-4-11(14)8-10)16-13(19)15-6-5-12(17)18/h2-4,8-9H,5-7H2,1H3,(H,17,18)(H2,15,16,19). The van der Waals surface area contributed by atoms with Crippen molar-refractivity contribution in [1.82, 2.24) is 10.6 Å². The van der Waals surface area contributed by atoms with E-state index < -0.39 is 5.97 Å². The van der Waals surface area contributed by atoms with Gasteiger partial charge in [-0.3, -0.25) is 4.79 Å². The summed E-state index contributed by atoms with van der Waals surface area (Å²) in [6.45, 7) is 2.03. The lowest BCUT2D eigenvalue weighted by Crippen LogP contribution is -2.42. The van der Waals surface area contributed by atoms with Gasteiger partial charge in [-0.25, -0.2) is 4.79 Å². The molecule has 5 nitrogen and oxygen atoms in total. The fraction of sp³-hybridized carbons (Fsp3) is 0.385. The highest BCUT2D eigenvalue weighted by atomic mass is 79.9. The molecule has 0 fully saturated rings. The van der Waals surface area contributed by atoms with Crippen molar-refractivity contribution in [3.8, 4) is 0 Å². The predicted molar refractivity (Wildman–Crippen MR) is 76.1 cm³/mol. The van der Waals surface area contributed by atoms with E-state index in [2.05, 4.69) is 26.6 Å². The topological polar surface area (TPSA) is 78.4 Å². The van der Waals surface area contributed by atoms with Crippen LogP contribution in [0, 0.1) is 0 Å². The van der Waals surface area contributed by atoms with Gasteiger partial charge >= 0.3 is 12.0 Å². The zero-order valence-corrected chi connectivity index (χ0v) is 12.2. The van der Waals surface area contributed by atoms with Crippen molar-refractivity contribution in [3.63, 3.8) is 0 Å². The molecule has 1 aromatic rings. The van der Waals surface area contributed by atoms with Crippen molar-refractivity contribution >= 4 is 27.9 Å². The van der Waals surface area contributed by atoms with E-state index in [1.54, 1.807) is 0 Å². The van der Waals surface area contributed by atoms with E-state index >= 15 is 0 Å². The highest BCUT2D eigenvalue weighted by Gasteiger charge is 2.08. The number of amides is 2. The summed E-state index contributed by atoms with van der Waals surface area (Å²) >= 11 is 3.40. The van der Waals surface area contributed by atoms with Crippen LogP contribution in [0.25, 0.3) is 0 Å². The van der Waals surface area contributed by atoms with Gasteiger partial charge in [0.15, 0.2) is 0 Å². The maximum Gasteiger partial charge on any atom is 0.315 e. The number of rotatable bonds is 6. The minimum Gasteiger partial charge on any atom is -0.481 e. The first-order valence-corrected chi connectivity index (χ1v) is 6.77. The number of carbonyl (C=O) groups excluding carboxylic acids is 1. The van der Waals surface area contributed by atoms with Gasteiger partial charge in [0, 0.05) is 17.1 Å². The summed E-state index contributed by atoms with van der Waals surface area (Å²) in [6.07, 6.45) is 0.638. The maximum absolute atomic E-state index is 11.5. The summed E-state index contributed by atoms with van der Waals surface area (Å²) in [4.78, 5) is 21.8. The quantitative estimate of drug-likeness (QED) is 0.748. The summed E-state index contributed by atoms with van der Waals surface area (Å²) in [7, 11) is 0. The molecule has 0 saturated heterocycles. The van der Waals surface area contributed by atoms with Crippen LogP contribution in [0.3, 0.4) is 0 Å². The minimum atomic E-state index is -0.928. The third-order valence-corrected chi connectivity index (χ3v) is 2.93. The van der Waals surface area contributed by atoms with E-state index in [1.165, 1.54) is 0 Å². The lowest BCUT2D eigenvalue weighted by molar-refractivity contribution is -0.136. The summed E-state index contributed by atoms with van der Waals surface area (Å²) < 4.78 is 1.00. The van der Waals surface area contributed by atoms with Gasteiger partial charge < -0.3 is 15.7 Å². The lowest BCUT2D eigenvalue weighted by atomic mass is 10.1. The van der Waals surface area contributed by atoms with Crippen molar-refractivity contribution < 1.29 is 14.7 Å². The van der Waals surface area contributed by atoms with Crippen LogP contribution in [-0.4, -0.2) is 29.7 Å². The Morgan fingerprint density at radius 1 is 1.42 bits per heavy atom. The molecule has 104 valence electrons. The second-order valence-electron chi connectivity index (χ2n) is 4.28. The molecule has 0 aromatic heterocycles. The first kappa shape index (κ1) is 15.5. The third kappa shape index (κ3) is 6.81. The molecule has 0 aliphatic heterocycles. The number of carbonyl (C=O) groups is 2. The van der Waals surface area contributed by atoms with Crippen LogP contribution in [0.5, 0.6) is 0 Å². The van der Waals surface area contributed by atoms with Crippen molar-refractivity contribution in [1.29, 1.82) is 0 Å². The van der Waals surface area contributed by atoms with Gasteiger partial charge in [-0.05, 0) is 31.0 Å². The fourth-order valence-electron chi connectivity index (χ4n) is 1.63. The van der Waals surface area contributed by atoms with E-state index in [9.17, 15) is 9.59 Å². The molecule has 6 heteroatoms. The zero-order chi connectivity index (χ0) is 14.3. The van der Waals surface area contributed by atoms with Gasteiger partial charge in [0.25, 0.3) is 0 Å². The number of benzene rings is 1. The van der Waals surface area contributed by atoms with Crippen LogP contribution in [0.15, 0.2) is 28.7 Å². The lowest BCUT2D eigenvalue weighted by Gasteiger charge is -2.14. The average Bonchev–Trinajstić information content (AvgIpc) is 2.27. The number of carboxylic acid groups (broad SMARTS) is 1. The second kappa shape index (κ2) is 7.78. The van der Waals surface area contributed by atoms with E-state index in [0.29, 0.717) is 6.42 Å². The van der Waals surface area contributed by atoms with Crippen LogP contribution < -0.4 is 10.6 Å². The molecular formula is C13H17BrN2O3. The molecule has 0 aliphatic carbocycles. The SMILES string of the molecule is CC(Cc1cccc(Br)c1)NC(=O)NCCC(=O)O. The normalized spacial score (nSPS) is 11.7. The zero-order valence-electron chi connectivity index (χ0n) is 10.6. The highest BCUT2D eigenvalue weighted by Crippen LogP contribution is 2.12. The number of nitrogens with one attached hydrogen (secondary N) is 2. The number of hydrogen-bond acceptors (Lipinski definition) is 2. The Morgan fingerprint density at radius 3 is 2.79 bits per heavy atom. The molecule has 2 amide bonds. The molecule has 0 aliphatic rings. The van der Waals surface area contributed by atoms with Crippen molar-refractivity contribution in [2.45, 2.75) is 25.8 Å². The first-order valence-electron chi connectivity index (χ1n) is 5.98. The van der Waals surface area contributed by atoms with Crippen LogP contribution in [0.4, 0.5) is 4.79 Å². The number of aliphatic carboxylic acids is 1.